The lowest BCUT2D eigenvalue weighted by molar-refractivity contribution is 0.0921. The molecule has 1 amide bonds. The molecule has 1 aromatic rings. The van der Waals surface area contributed by atoms with E-state index in [1.165, 1.54) is 0 Å². The molecular formula is C10H15N3O2. The fraction of sp³-hybridized carbons (Fsp3) is 0.500. The molecule has 15 heavy (non-hydrogen) atoms. The fourth-order valence-corrected chi connectivity index (χ4v) is 1.13. The van der Waals surface area contributed by atoms with Crippen molar-refractivity contribution in [1.29, 1.82) is 0 Å². The van der Waals surface area contributed by atoms with Crippen LogP contribution in [0.3, 0.4) is 0 Å². The third kappa shape index (κ3) is 2.99. The average Bonchev–Trinajstić information content (AvgIpc) is 2.21. The molecule has 0 spiro atoms. The van der Waals surface area contributed by atoms with E-state index in [1.54, 1.807) is 26.8 Å². The van der Waals surface area contributed by atoms with E-state index in [9.17, 15) is 4.79 Å². The van der Waals surface area contributed by atoms with Gasteiger partial charge < -0.3 is 10.4 Å². The summed E-state index contributed by atoms with van der Waals surface area (Å²) in [4.78, 5) is 11.7. The van der Waals surface area contributed by atoms with Crippen molar-refractivity contribution in [3.05, 3.63) is 23.0 Å². The van der Waals surface area contributed by atoms with E-state index >= 15 is 0 Å². The van der Waals surface area contributed by atoms with Crippen LogP contribution >= 0.6 is 0 Å². The Morgan fingerprint density at radius 1 is 1.53 bits per heavy atom. The van der Waals surface area contributed by atoms with Gasteiger partial charge in [-0.3, -0.25) is 4.79 Å². The summed E-state index contributed by atoms with van der Waals surface area (Å²) in [6, 6.07) is 1.42. The molecule has 1 atom stereocenters. The minimum absolute atomic E-state index is 0.0811. The standard InChI is InChI=1S/C10H15N3O2/c1-6-4-9(8(3)13-12-6)10(15)11-7(2)5-14/h4,7,14H,5H2,1-3H3,(H,11,15)/t7-/m0/s1. The number of aromatic nitrogens is 2. The first-order valence-electron chi connectivity index (χ1n) is 4.77. The number of rotatable bonds is 3. The summed E-state index contributed by atoms with van der Waals surface area (Å²) in [7, 11) is 0. The molecule has 5 heteroatoms. The highest BCUT2D eigenvalue weighted by Gasteiger charge is 2.12. The molecule has 1 heterocycles. The molecule has 0 unspecified atom stereocenters. The quantitative estimate of drug-likeness (QED) is 0.746. The van der Waals surface area contributed by atoms with Crippen molar-refractivity contribution >= 4 is 5.91 Å². The minimum Gasteiger partial charge on any atom is -0.394 e. The van der Waals surface area contributed by atoms with Gasteiger partial charge in [0, 0.05) is 6.04 Å². The Bertz CT molecular complexity index is 366. The van der Waals surface area contributed by atoms with Crippen LogP contribution in [0, 0.1) is 13.8 Å². The van der Waals surface area contributed by atoms with E-state index in [2.05, 4.69) is 15.5 Å². The lowest BCUT2D eigenvalue weighted by atomic mass is 10.2. The molecule has 0 aliphatic heterocycles. The first kappa shape index (κ1) is 11.6. The normalized spacial score (nSPS) is 12.3. The molecule has 0 aromatic carbocycles. The molecular weight excluding hydrogens is 194 g/mol. The van der Waals surface area contributed by atoms with Gasteiger partial charge in [-0.25, -0.2) is 0 Å². The topological polar surface area (TPSA) is 75.1 Å². The summed E-state index contributed by atoms with van der Waals surface area (Å²) >= 11 is 0. The monoisotopic (exact) mass is 209 g/mol. The first-order chi connectivity index (χ1) is 7.04. The van der Waals surface area contributed by atoms with E-state index in [0.717, 1.165) is 0 Å². The highest BCUT2D eigenvalue weighted by atomic mass is 16.3. The van der Waals surface area contributed by atoms with Gasteiger partial charge in [0.25, 0.3) is 5.91 Å². The van der Waals surface area contributed by atoms with Crippen molar-refractivity contribution < 1.29 is 9.90 Å². The van der Waals surface area contributed by atoms with Crippen LogP contribution in [0.4, 0.5) is 0 Å². The second-order valence-corrected chi connectivity index (χ2v) is 3.54. The van der Waals surface area contributed by atoms with Crippen molar-refractivity contribution in [1.82, 2.24) is 15.5 Å². The maximum absolute atomic E-state index is 11.7. The zero-order valence-corrected chi connectivity index (χ0v) is 9.11. The van der Waals surface area contributed by atoms with E-state index in [-0.39, 0.29) is 18.6 Å². The predicted molar refractivity (Wildman–Crippen MR) is 55.5 cm³/mol. The van der Waals surface area contributed by atoms with Crippen LogP contribution in [0.15, 0.2) is 6.07 Å². The number of aliphatic hydroxyl groups excluding tert-OH is 1. The summed E-state index contributed by atoms with van der Waals surface area (Å²) in [5.41, 5.74) is 1.79. The highest BCUT2D eigenvalue weighted by molar-refractivity contribution is 5.95. The summed E-state index contributed by atoms with van der Waals surface area (Å²) < 4.78 is 0. The van der Waals surface area contributed by atoms with Gasteiger partial charge in [-0.2, -0.15) is 10.2 Å². The number of hydrogen-bond acceptors (Lipinski definition) is 4. The Kier molecular flexibility index (Phi) is 3.74. The van der Waals surface area contributed by atoms with Gasteiger partial charge in [-0.1, -0.05) is 0 Å². The SMILES string of the molecule is Cc1cc(C(=O)N[C@@H](C)CO)c(C)nn1. The van der Waals surface area contributed by atoms with Crippen LogP contribution in [-0.2, 0) is 0 Å². The van der Waals surface area contributed by atoms with Gasteiger partial charge in [0.2, 0.25) is 0 Å². The second kappa shape index (κ2) is 4.84. The summed E-state index contributed by atoms with van der Waals surface area (Å²) in [5, 5.41) is 19.2. The molecule has 0 saturated heterocycles. The number of carbonyl (C=O) groups is 1. The lowest BCUT2D eigenvalue weighted by Gasteiger charge is -2.11. The Balaban J connectivity index is 2.86. The number of amides is 1. The van der Waals surface area contributed by atoms with Crippen molar-refractivity contribution in [2.24, 2.45) is 0 Å². The van der Waals surface area contributed by atoms with Crippen LogP contribution in [0.5, 0.6) is 0 Å². The molecule has 5 nitrogen and oxygen atoms in total. The summed E-state index contributed by atoms with van der Waals surface area (Å²) in [6.45, 7) is 5.15. The zero-order chi connectivity index (χ0) is 11.4. The molecule has 0 aliphatic carbocycles. The molecule has 0 aliphatic rings. The van der Waals surface area contributed by atoms with Crippen LogP contribution < -0.4 is 5.32 Å². The van der Waals surface area contributed by atoms with E-state index < -0.39 is 0 Å². The smallest absolute Gasteiger partial charge is 0.253 e. The molecule has 0 fully saturated rings. The number of nitrogens with one attached hydrogen (secondary N) is 1. The number of hydrogen-bond donors (Lipinski definition) is 2. The number of nitrogens with zero attached hydrogens (tertiary/aromatic N) is 2. The molecule has 2 N–H and O–H groups in total. The molecule has 82 valence electrons. The highest BCUT2D eigenvalue weighted by Crippen LogP contribution is 2.05. The Labute approximate surface area is 88.5 Å². The first-order valence-corrected chi connectivity index (χ1v) is 4.77. The average molecular weight is 209 g/mol. The number of carbonyl (C=O) groups excluding carboxylic acids is 1. The minimum atomic E-state index is -0.259. The third-order valence-corrected chi connectivity index (χ3v) is 2.00. The molecule has 0 saturated carbocycles. The maximum atomic E-state index is 11.7. The molecule has 0 bridgehead atoms. The molecule has 0 radical (unpaired) electrons. The van der Waals surface area contributed by atoms with Crippen molar-refractivity contribution in [2.75, 3.05) is 6.61 Å². The van der Waals surface area contributed by atoms with E-state index in [0.29, 0.717) is 17.0 Å². The number of aryl methyl sites for hydroxylation is 2. The molecule has 1 aromatic heterocycles. The Hall–Kier alpha value is -1.49. The van der Waals surface area contributed by atoms with E-state index in [1.807, 2.05) is 0 Å². The van der Waals surface area contributed by atoms with Crippen LogP contribution in [0.25, 0.3) is 0 Å². The number of aliphatic hydroxyl groups is 1. The Morgan fingerprint density at radius 2 is 2.20 bits per heavy atom. The largest absolute Gasteiger partial charge is 0.394 e. The van der Waals surface area contributed by atoms with Crippen LogP contribution in [0.1, 0.15) is 28.7 Å². The van der Waals surface area contributed by atoms with Crippen molar-refractivity contribution in [2.45, 2.75) is 26.8 Å². The third-order valence-electron chi connectivity index (χ3n) is 2.00. The van der Waals surface area contributed by atoms with Gasteiger partial charge in [0.05, 0.1) is 23.6 Å². The predicted octanol–water partition coefficient (Wildman–Crippen LogP) is 0.204. The second-order valence-electron chi connectivity index (χ2n) is 3.54. The van der Waals surface area contributed by atoms with Gasteiger partial charge in [-0.15, -0.1) is 0 Å². The van der Waals surface area contributed by atoms with E-state index in [4.69, 9.17) is 5.11 Å². The van der Waals surface area contributed by atoms with Crippen LogP contribution in [-0.4, -0.2) is 33.9 Å². The lowest BCUT2D eigenvalue weighted by Crippen LogP contribution is -2.35. The molecule has 1 rings (SSSR count). The van der Waals surface area contributed by atoms with Gasteiger partial charge in [0.15, 0.2) is 0 Å². The van der Waals surface area contributed by atoms with Crippen LogP contribution in [0.2, 0.25) is 0 Å². The zero-order valence-electron chi connectivity index (χ0n) is 9.11. The van der Waals surface area contributed by atoms with Gasteiger partial charge >= 0.3 is 0 Å². The van der Waals surface area contributed by atoms with Crippen molar-refractivity contribution in [3.63, 3.8) is 0 Å². The summed E-state index contributed by atoms with van der Waals surface area (Å²) in [6.07, 6.45) is 0. The van der Waals surface area contributed by atoms with Gasteiger partial charge in [-0.05, 0) is 26.8 Å². The maximum Gasteiger partial charge on any atom is 0.253 e. The Morgan fingerprint density at radius 3 is 2.80 bits per heavy atom. The van der Waals surface area contributed by atoms with Crippen molar-refractivity contribution in [3.8, 4) is 0 Å². The summed E-state index contributed by atoms with van der Waals surface area (Å²) in [5.74, 6) is -0.230. The van der Waals surface area contributed by atoms with Gasteiger partial charge in [0.1, 0.15) is 0 Å². The fourth-order valence-electron chi connectivity index (χ4n) is 1.13.